The second kappa shape index (κ2) is 8.73. The van der Waals surface area contributed by atoms with E-state index in [1.165, 1.54) is 19.3 Å². The van der Waals surface area contributed by atoms with E-state index in [1.54, 1.807) is 0 Å². The SMILES string of the molecule is CC(C)CC(=O)O[C@H]1CC[C@]2(C)[C@H]3CC[C@]45C[C@]4(CC[C@H]5[C@@H]4C[C@H]([C@@H]5OC5(C)C)OC4O)[C@]3(C)[C@H](O)C[C@H]2C1(C)C. The largest absolute Gasteiger partial charge is 0.462 e. The van der Waals surface area contributed by atoms with Crippen LogP contribution in [-0.2, 0) is 19.0 Å². The van der Waals surface area contributed by atoms with Crippen LogP contribution in [0.5, 0.6) is 0 Å². The number of carbonyl (C=O) groups excluding carboxylic acids is 1. The number of carbonyl (C=O) groups is 1. The van der Waals surface area contributed by atoms with E-state index in [9.17, 15) is 15.0 Å². The maximum absolute atomic E-state index is 12.7. The van der Waals surface area contributed by atoms with Crippen molar-refractivity contribution in [2.24, 2.45) is 56.7 Å². The number of hydrogen-bond donors (Lipinski definition) is 2. The summed E-state index contributed by atoms with van der Waals surface area (Å²) in [6.07, 6.45) is 8.96. The van der Waals surface area contributed by atoms with Crippen LogP contribution in [0.4, 0.5) is 0 Å². The number of esters is 1. The predicted octanol–water partition coefficient (Wildman–Crippen LogP) is 6.26. The lowest BCUT2D eigenvalue weighted by molar-refractivity contribution is -0.246. The van der Waals surface area contributed by atoms with E-state index in [0.29, 0.717) is 30.1 Å². The highest BCUT2D eigenvalue weighted by Crippen LogP contribution is 2.91. The van der Waals surface area contributed by atoms with Gasteiger partial charge in [-0.05, 0) is 112 Å². The Balaban J connectivity index is 1.13. The maximum atomic E-state index is 12.7. The summed E-state index contributed by atoms with van der Waals surface area (Å²) < 4.78 is 18.2. The van der Waals surface area contributed by atoms with Crippen LogP contribution in [0.2, 0.25) is 0 Å². The standard InChI is InChI=1S/C35H56O6/c1-19(2)15-27(37)40-26-11-12-32(7)23-10-13-34-18-35(34,33(23,8)25(36)17-24(32)30(26,3)4)14-9-21(34)20-16-22(39-29(20)38)28-31(5,6)41-28/h19-26,28-29,36,38H,9-18H2,1-8H3/t20-,21-,22+,23+,24-,25+,26-,28-,29?,32+,33-,34+,35+/m0/s1. The highest BCUT2D eigenvalue weighted by molar-refractivity contribution is 5.69. The Morgan fingerprint density at radius 3 is 2.32 bits per heavy atom. The molecule has 6 nitrogen and oxygen atoms in total. The third kappa shape index (κ3) is 3.66. The van der Waals surface area contributed by atoms with Crippen molar-refractivity contribution in [1.29, 1.82) is 0 Å². The number of rotatable bonds is 5. The first-order valence-electron chi connectivity index (χ1n) is 16.9. The Kier molecular flexibility index (Phi) is 6.18. The molecule has 0 radical (unpaired) electrons. The molecule has 7 rings (SSSR count). The number of epoxide rings is 1. The van der Waals surface area contributed by atoms with Crippen LogP contribution in [0, 0.1) is 56.7 Å². The number of ether oxygens (including phenoxy) is 3. The van der Waals surface area contributed by atoms with Gasteiger partial charge in [-0.25, -0.2) is 0 Å². The lowest BCUT2D eigenvalue weighted by Crippen LogP contribution is -2.66. The molecule has 232 valence electrons. The Labute approximate surface area is 247 Å². The van der Waals surface area contributed by atoms with Gasteiger partial charge in [0.2, 0.25) is 0 Å². The van der Waals surface area contributed by atoms with Crippen LogP contribution in [0.25, 0.3) is 0 Å². The fourth-order valence-electron chi connectivity index (χ4n) is 13.1. The van der Waals surface area contributed by atoms with Crippen molar-refractivity contribution in [3.05, 3.63) is 0 Å². The smallest absolute Gasteiger partial charge is 0.306 e. The fourth-order valence-corrected chi connectivity index (χ4v) is 13.1. The van der Waals surface area contributed by atoms with E-state index >= 15 is 0 Å². The fraction of sp³-hybridized carbons (Fsp3) is 0.971. The highest BCUT2D eigenvalue weighted by Gasteiger charge is 2.86. The quantitative estimate of drug-likeness (QED) is 0.299. The topological polar surface area (TPSA) is 88.5 Å². The Hall–Kier alpha value is -0.690. The first-order valence-corrected chi connectivity index (χ1v) is 16.9. The molecule has 0 spiro atoms. The van der Waals surface area contributed by atoms with E-state index in [-0.39, 0.29) is 69.0 Å². The first kappa shape index (κ1) is 29.0. The minimum absolute atomic E-state index is 0.00549. The average Bonchev–Trinajstić information content (AvgIpc) is 3.62. The Morgan fingerprint density at radius 2 is 1.66 bits per heavy atom. The van der Waals surface area contributed by atoms with Crippen LogP contribution in [-0.4, -0.2) is 52.5 Å². The lowest BCUT2D eigenvalue weighted by atomic mass is 9.37. The van der Waals surface area contributed by atoms with E-state index in [2.05, 4.69) is 55.4 Å². The summed E-state index contributed by atoms with van der Waals surface area (Å²) in [5.74, 6) is 1.64. The van der Waals surface area contributed by atoms with Gasteiger partial charge in [0, 0.05) is 23.2 Å². The van der Waals surface area contributed by atoms with Crippen molar-refractivity contribution in [3.63, 3.8) is 0 Å². The van der Waals surface area contributed by atoms with Gasteiger partial charge in [-0.2, -0.15) is 0 Å². The van der Waals surface area contributed by atoms with E-state index in [0.717, 1.165) is 38.5 Å². The molecule has 0 aromatic rings. The molecule has 2 heterocycles. The number of hydrogen-bond acceptors (Lipinski definition) is 6. The van der Waals surface area contributed by atoms with Gasteiger partial charge in [-0.1, -0.05) is 41.5 Å². The van der Waals surface area contributed by atoms with Gasteiger partial charge in [0.15, 0.2) is 6.29 Å². The normalized spacial score (nSPS) is 55.9. The van der Waals surface area contributed by atoms with E-state index in [4.69, 9.17) is 14.2 Å². The molecular weight excluding hydrogens is 516 g/mol. The molecule has 13 atom stereocenters. The molecule has 5 saturated carbocycles. The molecule has 0 bridgehead atoms. The van der Waals surface area contributed by atoms with Gasteiger partial charge in [0.05, 0.1) is 17.8 Å². The van der Waals surface area contributed by atoms with Crippen LogP contribution >= 0.6 is 0 Å². The molecule has 6 heteroatoms. The number of fused-ring (bicyclic) bond motifs is 3. The van der Waals surface area contributed by atoms with Gasteiger partial charge < -0.3 is 24.4 Å². The summed E-state index contributed by atoms with van der Waals surface area (Å²) in [5.41, 5.74) is 0.0861. The zero-order chi connectivity index (χ0) is 29.5. The molecule has 0 amide bonds. The van der Waals surface area contributed by atoms with Crippen molar-refractivity contribution in [3.8, 4) is 0 Å². The van der Waals surface area contributed by atoms with Crippen molar-refractivity contribution in [1.82, 2.24) is 0 Å². The maximum Gasteiger partial charge on any atom is 0.306 e. The molecular formula is C35H56O6. The van der Waals surface area contributed by atoms with Crippen LogP contribution in [0.15, 0.2) is 0 Å². The summed E-state index contributed by atoms with van der Waals surface area (Å²) in [7, 11) is 0. The summed E-state index contributed by atoms with van der Waals surface area (Å²) in [4.78, 5) is 12.7. The predicted molar refractivity (Wildman–Crippen MR) is 156 cm³/mol. The minimum atomic E-state index is -0.700. The molecule has 1 unspecified atom stereocenters. The van der Waals surface area contributed by atoms with E-state index in [1.807, 2.05) is 0 Å². The molecule has 0 aromatic carbocycles. The Morgan fingerprint density at radius 1 is 0.951 bits per heavy atom. The zero-order valence-corrected chi connectivity index (χ0v) is 26.9. The summed E-state index contributed by atoms with van der Waals surface area (Å²) >= 11 is 0. The number of aliphatic hydroxyl groups excluding tert-OH is 2. The third-order valence-electron chi connectivity index (χ3n) is 15.0. The van der Waals surface area contributed by atoms with Crippen LogP contribution in [0.3, 0.4) is 0 Å². The zero-order valence-electron chi connectivity index (χ0n) is 26.9. The molecule has 7 fully saturated rings. The number of aliphatic hydroxyl groups is 2. The minimum Gasteiger partial charge on any atom is -0.462 e. The van der Waals surface area contributed by atoms with Crippen LogP contribution < -0.4 is 0 Å². The Bertz CT molecular complexity index is 1100. The van der Waals surface area contributed by atoms with Gasteiger partial charge in [0.25, 0.3) is 0 Å². The summed E-state index contributed by atoms with van der Waals surface area (Å²) in [6.45, 7) is 17.9. The second-order valence-corrected chi connectivity index (χ2v) is 17.8. The molecule has 0 aromatic heterocycles. The lowest BCUT2D eigenvalue weighted by Gasteiger charge is -2.68. The van der Waals surface area contributed by atoms with Crippen molar-refractivity contribution >= 4 is 5.97 Å². The molecule has 2 saturated heterocycles. The van der Waals surface area contributed by atoms with Crippen LogP contribution in [0.1, 0.15) is 120 Å². The van der Waals surface area contributed by atoms with E-state index < -0.39 is 6.29 Å². The molecule has 5 aliphatic carbocycles. The first-order chi connectivity index (χ1) is 19.0. The molecule has 2 N–H and O–H groups in total. The molecule has 41 heavy (non-hydrogen) atoms. The average molecular weight is 573 g/mol. The van der Waals surface area contributed by atoms with Crippen molar-refractivity contribution in [2.75, 3.05) is 0 Å². The second-order valence-electron chi connectivity index (χ2n) is 17.8. The summed E-state index contributed by atoms with van der Waals surface area (Å²) in [6, 6.07) is 0. The monoisotopic (exact) mass is 572 g/mol. The van der Waals surface area contributed by atoms with Gasteiger partial charge in [-0.3, -0.25) is 4.79 Å². The van der Waals surface area contributed by atoms with Gasteiger partial charge in [-0.15, -0.1) is 0 Å². The highest BCUT2D eigenvalue weighted by atomic mass is 16.7. The van der Waals surface area contributed by atoms with Crippen molar-refractivity contribution in [2.45, 2.75) is 156 Å². The molecule has 7 aliphatic rings. The molecule has 2 aliphatic heterocycles. The van der Waals surface area contributed by atoms with Crippen molar-refractivity contribution < 1.29 is 29.2 Å². The summed E-state index contributed by atoms with van der Waals surface area (Å²) in [5, 5.41) is 23.4. The van der Waals surface area contributed by atoms with Gasteiger partial charge >= 0.3 is 5.97 Å². The van der Waals surface area contributed by atoms with Gasteiger partial charge in [0.1, 0.15) is 12.2 Å². The third-order valence-corrected chi connectivity index (χ3v) is 15.0.